The second-order valence-electron chi connectivity index (χ2n) is 8.29. The van der Waals surface area contributed by atoms with Crippen LogP contribution in [0.2, 0.25) is 10.0 Å². The van der Waals surface area contributed by atoms with Gasteiger partial charge in [-0.25, -0.2) is 0 Å². The standard InChI is InChI=1S/C24H24Cl2F3N5O2S/c1-4-34-21(20(13(2)3)31-22(36)15-7-5-6-8-16(15)25)32-33-23(34)37-12-19(35)30-18-11-14(24(27,28)29)9-10-17(18)26/h5-11,13,20H,4,12H2,1-3H3,(H,30,35)(H,31,36)/t20-/m0/s1. The number of amides is 2. The van der Waals surface area contributed by atoms with Crippen molar-refractivity contribution in [1.29, 1.82) is 0 Å². The predicted molar refractivity (Wildman–Crippen MR) is 138 cm³/mol. The zero-order valence-electron chi connectivity index (χ0n) is 20.1. The van der Waals surface area contributed by atoms with E-state index in [1.54, 1.807) is 28.8 Å². The van der Waals surface area contributed by atoms with E-state index in [2.05, 4.69) is 20.8 Å². The van der Waals surface area contributed by atoms with Crippen molar-refractivity contribution in [3.05, 3.63) is 69.5 Å². The Balaban J connectivity index is 1.73. The maximum Gasteiger partial charge on any atom is 0.416 e. The first-order valence-corrected chi connectivity index (χ1v) is 12.9. The Bertz CT molecular complexity index is 1280. The van der Waals surface area contributed by atoms with Crippen LogP contribution < -0.4 is 10.6 Å². The average molecular weight is 574 g/mol. The van der Waals surface area contributed by atoms with Gasteiger partial charge in [-0.2, -0.15) is 13.2 Å². The van der Waals surface area contributed by atoms with E-state index in [1.807, 2.05) is 20.8 Å². The monoisotopic (exact) mass is 573 g/mol. The molecule has 3 rings (SSSR count). The van der Waals surface area contributed by atoms with Crippen LogP contribution in [0.4, 0.5) is 18.9 Å². The molecule has 1 atom stereocenters. The summed E-state index contributed by atoms with van der Waals surface area (Å²) in [6, 6.07) is 8.90. The average Bonchev–Trinajstić information content (AvgIpc) is 3.24. The van der Waals surface area contributed by atoms with E-state index in [0.717, 1.165) is 30.0 Å². The minimum absolute atomic E-state index is 0.0144. The highest BCUT2D eigenvalue weighted by Crippen LogP contribution is 2.34. The van der Waals surface area contributed by atoms with Crippen LogP contribution in [-0.2, 0) is 17.5 Å². The fourth-order valence-electron chi connectivity index (χ4n) is 3.44. The maximum atomic E-state index is 13.0. The number of rotatable bonds is 9. The lowest BCUT2D eigenvalue weighted by Crippen LogP contribution is -2.34. The summed E-state index contributed by atoms with van der Waals surface area (Å²) in [4.78, 5) is 25.4. The summed E-state index contributed by atoms with van der Waals surface area (Å²) in [5.41, 5.74) is -0.729. The molecule has 0 saturated carbocycles. The molecule has 1 aromatic heterocycles. The van der Waals surface area contributed by atoms with Crippen LogP contribution in [-0.4, -0.2) is 32.3 Å². The summed E-state index contributed by atoms with van der Waals surface area (Å²) in [5, 5.41) is 14.5. The number of nitrogens with zero attached hydrogens (tertiary/aromatic N) is 3. The minimum Gasteiger partial charge on any atom is -0.342 e. The molecule has 0 spiro atoms. The molecule has 0 aliphatic rings. The molecule has 0 aliphatic carbocycles. The highest BCUT2D eigenvalue weighted by Gasteiger charge is 2.31. The normalized spacial score (nSPS) is 12.5. The molecule has 0 fully saturated rings. The number of hydrogen-bond donors (Lipinski definition) is 2. The number of anilines is 1. The number of benzene rings is 2. The Morgan fingerprint density at radius 1 is 1.08 bits per heavy atom. The molecular formula is C24H24Cl2F3N5O2S. The molecule has 0 bridgehead atoms. The zero-order valence-corrected chi connectivity index (χ0v) is 22.4. The summed E-state index contributed by atoms with van der Waals surface area (Å²) >= 11 is 13.2. The lowest BCUT2D eigenvalue weighted by atomic mass is 10.0. The summed E-state index contributed by atoms with van der Waals surface area (Å²) in [7, 11) is 0. The van der Waals surface area contributed by atoms with Gasteiger partial charge in [0, 0.05) is 6.54 Å². The van der Waals surface area contributed by atoms with Crippen molar-refractivity contribution in [1.82, 2.24) is 20.1 Å². The number of aromatic nitrogens is 3. The van der Waals surface area contributed by atoms with Gasteiger partial charge in [-0.15, -0.1) is 10.2 Å². The Morgan fingerprint density at radius 3 is 2.41 bits per heavy atom. The molecule has 1 heterocycles. The topological polar surface area (TPSA) is 88.9 Å². The molecule has 3 aromatic rings. The van der Waals surface area contributed by atoms with Crippen molar-refractivity contribution in [3.63, 3.8) is 0 Å². The van der Waals surface area contributed by atoms with Crippen molar-refractivity contribution in [2.45, 2.75) is 44.7 Å². The van der Waals surface area contributed by atoms with E-state index in [4.69, 9.17) is 23.2 Å². The molecule has 2 amide bonds. The highest BCUT2D eigenvalue weighted by atomic mass is 35.5. The Kier molecular flexibility index (Phi) is 9.49. The zero-order chi connectivity index (χ0) is 27.3. The summed E-state index contributed by atoms with van der Waals surface area (Å²) in [6.45, 7) is 6.17. The van der Waals surface area contributed by atoms with Crippen LogP contribution in [0.15, 0.2) is 47.6 Å². The Morgan fingerprint density at radius 2 is 1.78 bits per heavy atom. The highest BCUT2D eigenvalue weighted by molar-refractivity contribution is 7.99. The molecule has 0 saturated heterocycles. The van der Waals surface area contributed by atoms with Gasteiger partial charge in [0.1, 0.15) is 0 Å². The number of alkyl halides is 3. The van der Waals surface area contributed by atoms with Gasteiger partial charge in [0.05, 0.1) is 38.7 Å². The first kappa shape index (κ1) is 28.8. The van der Waals surface area contributed by atoms with Crippen LogP contribution in [0.25, 0.3) is 0 Å². The molecule has 2 aromatic carbocycles. The third kappa shape index (κ3) is 7.18. The number of carbonyl (C=O) groups excluding carboxylic acids is 2. The molecule has 37 heavy (non-hydrogen) atoms. The number of nitrogens with one attached hydrogen (secondary N) is 2. The number of carbonyl (C=O) groups is 2. The maximum absolute atomic E-state index is 13.0. The fraction of sp³-hybridized carbons (Fsp3) is 0.333. The van der Waals surface area contributed by atoms with E-state index >= 15 is 0 Å². The molecule has 0 aliphatic heterocycles. The van der Waals surface area contributed by atoms with Crippen LogP contribution in [0.5, 0.6) is 0 Å². The smallest absolute Gasteiger partial charge is 0.342 e. The van der Waals surface area contributed by atoms with Gasteiger partial charge in [0.2, 0.25) is 5.91 Å². The van der Waals surface area contributed by atoms with Crippen molar-refractivity contribution < 1.29 is 22.8 Å². The van der Waals surface area contributed by atoms with Crippen molar-refractivity contribution >= 4 is 52.5 Å². The Hall–Kier alpha value is -2.76. The van der Waals surface area contributed by atoms with Gasteiger partial charge in [-0.05, 0) is 43.2 Å². The SMILES string of the molecule is CCn1c(SCC(=O)Nc2cc(C(F)(F)F)ccc2Cl)nnc1[C@@H](NC(=O)c1ccccc1Cl)C(C)C. The number of halogens is 5. The summed E-state index contributed by atoms with van der Waals surface area (Å²) in [5.74, 6) is -0.623. The quantitative estimate of drug-likeness (QED) is 0.286. The summed E-state index contributed by atoms with van der Waals surface area (Å²) in [6.07, 6.45) is -4.57. The fourth-order valence-corrected chi connectivity index (χ4v) is 4.64. The van der Waals surface area contributed by atoms with Crippen molar-refractivity contribution in [2.24, 2.45) is 5.92 Å². The van der Waals surface area contributed by atoms with Gasteiger partial charge in [-0.3, -0.25) is 9.59 Å². The summed E-state index contributed by atoms with van der Waals surface area (Å²) < 4.78 is 40.8. The second kappa shape index (κ2) is 12.2. The molecule has 0 radical (unpaired) electrons. The van der Waals surface area contributed by atoms with Crippen LogP contribution in [0.3, 0.4) is 0 Å². The van der Waals surface area contributed by atoms with Gasteiger partial charge in [0.25, 0.3) is 5.91 Å². The van der Waals surface area contributed by atoms with Gasteiger partial charge >= 0.3 is 6.18 Å². The molecule has 13 heteroatoms. The molecular weight excluding hydrogens is 550 g/mol. The van der Waals surface area contributed by atoms with Crippen LogP contribution >= 0.6 is 35.0 Å². The molecule has 0 unspecified atom stereocenters. The third-order valence-electron chi connectivity index (χ3n) is 5.31. The van der Waals surface area contributed by atoms with E-state index < -0.39 is 23.7 Å². The first-order chi connectivity index (χ1) is 17.4. The lowest BCUT2D eigenvalue weighted by molar-refractivity contribution is -0.137. The van der Waals surface area contributed by atoms with Crippen molar-refractivity contribution in [3.8, 4) is 0 Å². The van der Waals surface area contributed by atoms with E-state index in [1.165, 1.54) is 0 Å². The van der Waals surface area contributed by atoms with E-state index in [0.29, 0.717) is 28.1 Å². The van der Waals surface area contributed by atoms with Gasteiger partial charge in [0.15, 0.2) is 11.0 Å². The first-order valence-electron chi connectivity index (χ1n) is 11.2. The minimum atomic E-state index is -4.57. The van der Waals surface area contributed by atoms with E-state index in [9.17, 15) is 22.8 Å². The van der Waals surface area contributed by atoms with Crippen LogP contribution in [0.1, 0.15) is 48.6 Å². The third-order valence-corrected chi connectivity index (χ3v) is 6.94. The van der Waals surface area contributed by atoms with Gasteiger partial charge < -0.3 is 15.2 Å². The van der Waals surface area contributed by atoms with Crippen LogP contribution in [0, 0.1) is 5.92 Å². The largest absolute Gasteiger partial charge is 0.416 e. The lowest BCUT2D eigenvalue weighted by Gasteiger charge is -2.22. The molecule has 7 nitrogen and oxygen atoms in total. The predicted octanol–water partition coefficient (Wildman–Crippen LogP) is 6.48. The number of hydrogen-bond acceptors (Lipinski definition) is 5. The van der Waals surface area contributed by atoms with E-state index in [-0.39, 0.29) is 28.3 Å². The molecule has 2 N–H and O–H groups in total. The Labute approximate surface area is 226 Å². The number of thioether (sulfide) groups is 1. The van der Waals surface area contributed by atoms with Crippen molar-refractivity contribution in [2.75, 3.05) is 11.1 Å². The van der Waals surface area contributed by atoms with Gasteiger partial charge in [-0.1, -0.05) is 60.9 Å². The second-order valence-corrected chi connectivity index (χ2v) is 10.0. The molecule has 198 valence electrons.